The summed E-state index contributed by atoms with van der Waals surface area (Å²) in [5.41, 5.74) is 11.8. The molecule has 3 atom stereocenters. The molecule has 2 aliphatic heterocycles. The molecule has 2 N–H and O–H groups in total. The minimum Gasteiger partial charge on any atom is -0.469 e. The highest BCUT2D eigenvalue weighted by Gasteiger charge is 2.41. The number of nitrogens with zero attached hydrogens (tertiary/aromatic N) is 2. The molecule has 5 heterocycles. The number of Topliss-reactive ketones (excluding diaryl/α,β-unsaturated/α-hetero) is 1. The number of rotatable bonds is 5. The average Bonchev–Trinajstić information content (AvgIpc) is 3.71. The summed E-state index contributed by atoms with van der Waals surface area (Å²) in [5, 5.41) is 0. The van der Waals surface area contributed by atoms with E-state index in [2.05, 4.69) is 43.7 Å². The van der Waals surface area contributed by atoms with Crippen molar-refractivity contribution in [3.05, 3.63) is 68.8 Å². The zero-order valence-corrected chi connectivity index (χ0v) is 26.3. The molecule has 0 aromatic carbocycles. The van der Waals surface area contributed by atoms with Gasteiger partial charge in [-0.05, 0) is 74.9 Å². The van der Waals surface area contributed by atoms with Gasteiger partial charge in [0.1, 0.15) is 5.69 Å². The molecule has 7 nitrogen and oxygen atoms in total. The van der Waals surface area contributed by atoms with E-state index in [0.717, 1.165) is 72.7 Å². The van der Waals surface area contributed by atoms with Crippen LogP contribution in [0.25, 0.3) is 22.1 Å². The molecule has 0 spiro atoms. The second-order valence-corrected chi connectivity index (χ2v) is 12.7. The summed E-state index contributed by atoms with van der Waals surface area (Å²) in [5.74, 6) is -0.0290. The van der Waals surface area contributed by atoms with E-state index in [4.69, 9.17) is 26.9 Å². The lowest BCUT2D eigenvalue weighted by Crippen LogP contribution is -2.27. The van der Waals surface area contributed by atoms with Crippen molar-refractivity contribution in [2.24, 2.45) is 0 Å². The van der Waals surface area contributed by atoms with Gasteiger partial charge in [-0.2, -0.15) is 0 Å². The molecule has 3 aromatic heterocycles. The van der Waals surface area contributed by atoms with Gasteiger partial charge in [-0.1, -0.05) is 33.0 Å². The number of hydrogen-bond acceptors (Lipinski definition) is 6. The summed E-state index contributed by atoms with van der Waals surface area (Å²) in [4.78, 5) is 44.4. The Bertz CT molecular complexity index is 1850. The molecule has 218 valence electrons. The number of esters is 1. The number of thiocarbonyl (C=S) groups is 1. The van der Waals surface area contributed by atoms with Gasteiger partial charge in [-0.3, -0.25) is 14.6 Å². The molecular formula is C34H38N4O3S. The number of aromatic amines is 2. The van der Waals surface area contributed by atoms with Gasteiger partial charge in [0.05, 0.1) is 29.4 Å². The summed E-state index contributed by atoms with van der Waals surface area (Å²) in [6, 6.07) is 6.10. The molecule has 0 radical (unpaired) electrons. The number of H-pyrrole nitrogens is 2. The maximum absolute atomic E-state index is 13.8. The van der Waals surface area contributed by atoms with Crippen LogP contribution in [0.4, 0.5) is 0 Å². The summed E-state index contributed by atoms with van der Waals surface area (Å²) in [6.07, 6.45) is 3.07. The number of aryl methyl sites for hydroxylation is 3. The van der Waals surface area contributed by atoms with Crippen LogP contribution in [-0.4, -0.2) is 43.7 Å². The first kappa shape index (κ1) is 28.5. The van der Waals surface area contributed by atoms with Gasteiger partial charge >= 0.3 is 5.97 Å². The van der Waals surface area contributed by atoms with Crippen LogP contribution >= 0.6 is 12.2 Å². The molecule has 8 heteroatoms. The van der Waals surface area contributed by atoms with Crippen molar-refractivity contribution in [2.75, 3.05) is 7.11 Å². The number of methoxy groups -OCH3 is 1. The lowest BCUT2D eigenvalue weighted by atomic mass is 9.80. The molecular weight excluding hydrogens is 544 g/mol. The number of nitrogens with one attached hydrogen (secondary N) is 2. The van der Waals surface area contributed by atoms with Crippen LogP contribution in [0.15, 0.2) is 18.2 Å². The molecule has 8 bridgehead atoms. The van der Waals surface area contributed by atoms with Crippen LogP contribution in [-0.2, 0) is 27.8 Å². The SMILES string of the molecule is CCc1c(C)c2cc3nc(c4c5[nH]c(cc6nc(cc1[nH]2)C(=O)C6(C)CC)c(C)c5C(=S)C4)[C@@H](CCC(=O)OC)[C@@H]3C. The maximum Gasteiger partial charge on any atom is 0.305 e. The second-order valence-electron chi connectivity index (χ2n) is 12.2. The fraction of sp³-hybridized carbons (Fsp3) is 0.441. The Hall–Kier alpha value is -3.65. The highest BCUT2D eigenvalue weighted by molar-refractivity contribution is 7.81. The van der Waals surface area contributed by atoms with E-state index in [1.807, 2.05) is 26.0 Å². The van der Waals surface area contributed by atoms with Crippen molar-refractivity contribution in [2.45, 2.75) is 90.9 Å². The van der Waals surface area contributed by atoms with E-state index < -0.39 is 5.41 Å². The Morgan fingerprint density at radius 1 is 1.10 bits per heavy atom. The van der Waals surface area contributed by atoms with Crippen molar-refractivity contribution >= 4 is 50.9 Å². The number of carbonyl (C=O) groups is 2. The predicted molar refractivity (Wildman–Crippen MR) is 170 cm³/mol. The summed E-state index contributed by atoms with van der Waals surface area (Å²) >= 11 is 5.95. The first-order chi connectivity index (χ1) is 20.0. The largest absolute Gasteiger partial charge is 0.469 e. The number of hydrogen-bond donors (Lipinski definition) is 2. The van der Waals surface area contributed by atoms with Crippen LogP contribution in [0.3, 0.4) is 0 Å². The molecule has 6 rings (SSSR count). The first-order valence-electron chi connectivity index (χ1n) is 14.9. The third-order valence-corrected chi connectivity index (χ3v) is 10.3. The number of ether oxygens (including phenoxy) is 1. The van der Waals surface area contributed by atoms with E-state index in [1.54, 1.807) is 0 Å². The summed E-state index contributed by atoms with van der Waals surface area (Å²) in [6.45, 7) is 12.5. The third kappa shape index (κ3) is 4.17. The lowest BCUT2D eigenvalue weighted by molar-refractivity contribution is -0.140. The van der Waals surface area contributed by atoms with Crippen LogP contribution in [0, 0.1) is 13.8 Å². The Kier molecular flexibility index (Phi) is 6.96. The van der Waals surface area contributed by atoms with E-state index in [0.29, 0.717) is 31.4 Å². The van der Waals surface area contributed by atoms with E-state index in [-0.39, 0.29) is 23.6 Å². The van der Waals surface area contributed by atoms with Crippen molar-refractivity contribution in [3.8, 4) is 0 Å². The molecule has 0 saturated heterocycles. The van der Waals surface area contributed by atoms with Crippen LogP contribution in [0.1, 0.15) is 114 Å². The van der Waals surface area contributed by atoms with E-state index in [1.165, 1.54) is 12.7 Å². The Labute approximate surface area is 251 Å². The van der Waals surface area contributed by atoms with Gasteiger partial charge in [0.25, 0.3) is 0 Å². The topological polar surface area (TPSA) is 101 Å². The molecule has 0 amide bonds. The average molecular weight is 583 g/mol. The van der Waals surface area contributed by atoms with Crippen LogP contribution in [0.5, 0.6) is 0 Å². The standard InChI is InChI=1S/C34H38N4O3S/c1-8-19-16(3)22-13-23-17(4)20(10-11-29(39)41-7)31(37-23)21-12-27(42)30-18(5)24(38-32(21)30)15-28-34(6,9-2)33(40)26(36-28)14-25(19)35-22/h13-15,17,20,35,38H,8-12H2,1-7H3/t17-,20-,34?/m0/s1. The van der Waals surface area contributed by atoms with Crippen molar-refractivity contribution in [3.63, 3.8) is 0 Å². The Morgan fingerprint density at radius 2 is 1.83 bits per heavy atom. The number of aromatic nitrogens is 4. The highest BCUT2D eigenvalue weighted by Crippen LogP contribution is 2.44. The fourth-order valence-electron chi connectivity index (χ4n) is 7.03. The van der Waals surface area contributed by atoms with E-state index in [9.17, 15) is 9.59 Å². The van der Waals surface area contributed by atoms with Crippen molar-refractivity contribution in [1.82, 2.24) is 19.9 Å². The number of ketones is 1. The van der Waals surface area contributed by atoms with Crippen LogP contribution in [0.2, 0.25) is 0 Å². The van der Waals surface area contributed by atoms with Gasteiger partial charge in [0.15, 0.2) is 5.78 Å². The van der Waals surface area contributed by atoms with Gasteiger partial charge in [0.2, 0.25) is 0 Å². The van der Waals surface area contributed by atoms with E-state index >= 15 is 0 Å². The second kappa shape index (κ2) is 10.3. The first-order valence-corrected chi connectivity index (χ1v) is 15.3. The van der Waals surface area contributed by atoms with Gasteiger partial charge in [-0.15, -0.1) is 0 Å². The minimum absolute atomic E-state index is 0.0426. The summed E-state index contributed by atoms with van der Waals surface area (Å²) in [7, 11) is 1.43. The number of carbonyl (C=O) groups excluding carboxylic acids is 2. The van der Waals surface area contributed by atoms with Gasteiger partial charge < -0.3 is 14.7 Å². The minimum atomic E-state index is -0.717. The van der Waals surface area contributed by atoms with Gasteiger partial charge in [-0.25, -0.2) is 4.98 Å². The maximum atomic E-state index is 13.8. The Balaban J connectivity index is 1.74. The zero-order chi connectivity index (χ0) is 30.1. The Morgan fingerprint density at radius 3 is 2.52 bits per heavy atom. The normalized spacial score (nSPS) is 21.3. The molecule has 0 fully saturated rings. The monoisotopic (exact) mass is 582 g/mol. The van der Waals surface area contributed by atoms with Crippen molar-refractivity contribution < 1.29 is 14.3 Å². The zero-order valence-electron chi connectivity index (χ0n) is 25.4. The molecule has 3 aromatic rings. The van der Waals surface area contributed by atoms with Gasteiger partial charge in [0, 0.05) is 62.9 Å². The lowest BCUT2D eigenvalue weighted by Gasteiger charge is -2.19. The highest BCUT2D eigenvalue weighted by atomic mass is 32.1. The predicted octanol–water partition coefficient (Wildman–Crippen LogP) is 7.16. The summed E-state index contributed by atoms with van der Waals surface area (Å²) < 4.78 is 4.99. The van der Waals surface area contributed by atoms with Crippen LogP contribution < -0.4 is 0 Å². The molecule has 1 unspecified atom stereocenters. The number of fused-ring (bicyclic) bond motifs is 8. The smallest absolute Gasteiger partial charge is 0.305 e. The molecule has 0 saturated carbocycles. The molecule has 3 aliphatic rings. The fourth-order valence-corrected chi connectivity index (χ4v) is 7.43. The molecule has 42 heavy (non-hydrogen) atoms. The molecule has 1 aliphatic carbocycles. The quantitative estimate of drug-likeness (QED) is 0.245. The third-order valence-electron chi connectivity index (χ3n) is 9.98. The van der Waals surface area contributed by atoms with Crippen molar-refractivity contribution in [1.29, 1.82) is 0 Å².